The lowest BCUT2D eigenvalue weighted by Gasteiger charge is -2.10. The maximum atomic E-state index is 13.0. The van der Waals surface area contributed by atoms with Crippen LogP contribution in [-0.2, 0) is 6.42 Å². The molecule has 0 unspecified atom stereocenters. The van der Waals surface area contributed by atoms with Gasteiger partial charge in [0.05, 0.1) is 18.7 Å². The van der Waals surface area contributed by atoms with Gasteiger partial charge in [-0.15, -0.1) is 15.3 Å². The van der Waals surface area contributed by atoms with Crippen LogP contribution in [0, 0.1) is 11.3 Å². The fourth-order valence-electron chi connectivity index (χ4n) is 3.81. The van der Waals surface area contributed by atoms with Gasteiger partial charge in [0.2, 0.25) is 5.88 Å². The number of nitriles is 1. The Labute approximate surface area is 188 Å². The standard InChI is InChI=1S/C22H19N9O2/c1-13-6-7-18-27-28-20(31(13)18)16-4-3-5-17(25-16)26-21(32)15-12-30(29-22(15)33-2)19-10-14(11-23)8-9-24-19/h3-5,8-10,12-13H,6-7H2,1-2H3,(H,25,26,32)/t13-/m0/s1. The average molecular weight is 441 g/mol. The molecule has 11 heteroatoms. The quantitative estimate of drug-likeness (QED) is 0.499. The van der Waals surface area contributed by atoms with Crippen LogP contribution in [0.3, 0.4) is 0 Å². The van der Waals surface area contributed by atoms with Crippen molar-refractivity contribution in [3.05, 3.63) is 59.7 Å². The van der Waals surface area contributed by atoms with Crippen molar-refractivity contribution in [3.63, 3.8) is 0 Å². The molecule has 4 aromatic heterocycles. The SMILES string of the molecule is COc1nn(-c2cc(C#N)ccn2)cc1C(=O)Nc1cccc(-c2nnc3n2[C@@H](C)CC3)n1. The van der Waals surface area contributed by atoms with Crippen LogP contribution in [0.4, 0.5) is 5.82 Å². The molecule has 1 aliphatic rings. The van der Waals surface area contributed by atoms with E-state index >= 15 is 0 Å². The minimum atomic E-state index is -0.445. The van der Waals surface area contributed by atoms with E-state index in [1.54, 1.807) is 24.3 Å². The summed E-state index contributed by atoms with van der Waals surface area (Å²) < 4.78 is 8.76. The van der Waals surface area contributed by atoms with Gasteiger partial charge in [0.1, 0.15) is 22.9 Å². The zero-order valence-electron chi connectivity index (χ0n) is 17.9. The van der Waals surface area contributed by atoms with Crippen LogP contribution >= 0.6 is 0 Å². The van der Waals surface area contributed by atoms with Crippen molar-refractivity contribution < 1.29 is 9.53 Å². The van der Waals surface area contributed by atoms with Gasteiger partial charge in [-0.3, -0.25) is 4.79 Å². The number of methoxy groups -OCH3 is 1. The highest BCUT2D eigenvalue weighted by Gasteiger charge is 2.25. The van der Waals surface area contributed by atoms with Gasteiger partial charge < -0.3 is 14.6 Å². The van der Waals surface area contributed by atoms with Crippen molar-refractivity contribution in [1.82, 2.24) is 34.5 Å². The van der Waals surface area contributed by atoms with Crippen LogP contribution in [-0.4, -0.2) is 47.5 Å². The number of aromatic nitrogens is 7. The van der Waals surface area contributed by atoms with Crippen molar-refractivity contribution in [2.75, 3.05) is 12.4 Å². The molecule has 1 aliphatic heterocycles. The molecule has 11 nitrogen and oxygen atoms in total. The number of anilines is 1. The lowest BCUT2D eigenvalue weighted by molar-refractivity contribution is 0.102. The van der Waals surface area contributed by atoms with Crippen molar-refractivity contribution >= 4 is 11.7 Å². The molecule has 5 rings (SSSR count). The van der Waals surface area contributed by atoms with Gasteiger partial charge >= 0.3 is 0 Å². The molecule has 33 heavy (non-hydrogen) atoms. The van der Waals surface area contributed by atoms with Crippen molar-refractivity contribution in [3.8, 4) is 29.3 Å². The summed E-state index contributed by atoms with van der Waals surface area (Å²) in [4.78, 5) is 21.8. The number of carbonyl (C=O) groups is 1. The zero-order valence-corrected chi connectivity index (χ0v) is 17.9. The topological polar surface area (TPSA) is 136 Å². The van der Waals surface area contributed by atoms with E-state index in [2.05, 4.69) is 48.1 Å². The molecule has 164 valence electrons. The molecule has 0 aromatic carbocycles. The third-order valence-electron chi connectivity index (χ3n) is 5.44. The molecule has 1 N–H and O–H groups in total. The molecule has 0 fully saturated rings. The molecular weight excluding hydrogens is 422 g/mol. The number of nitrogens with zero attached hydrogens (tertiary/aromatic N) is 8. The highest BCUT2D eigenvalue weighted by Crippen LogP contribution is 2.30. The van der Waals surface area contributed by atoms with Gasteiger partial charge in [0.15, 0.2) is 11.6 Å². The largest absolute Gasteiger partial charge is 0.479 e. The van der Waals surface area contributed by atoms with Crippen molar-refractivity contribution in [2.24, 2.45) is 0 Å². The number of rotatable bonds is 5. The summed E-state index contributed by atoms with van der Waals surface area (Å²) in [7, 11) is 1.43. The molecule has 0 aliphatic carbocycles. The fraction of sp³-hybridized carbons (Fsp3) is 0.227. The van der Waals surface area contributed by atoms with Gasteiger partial charge in [0, 0.05) is 30.9 Å². The number of hydrogen-bond donors (Lipinski definition) is 1. The molecule has 0 spiro atoms. The monoisotopic (exact) mass is 441 g/mol. The fourth-order valence-corrected chi connectivity index (χ4v) is 3.81. The van der Waals surface area contributed by atoms with E-state index in [4.69, 9.17) is 10.00 Å². The Kier molecular flexibility index (Phi) is 5.02. The number of nitrogens with one attached hydrogen (secondary N) is 1. The Morgan fingerprint density at radius 2 is 2.18 bits per heavy atom. The van der Waals surface area contributed by atoms with Crippen LogP contribution < -0.4 is 10.1 Å². The normalized spacial score (nSPS) is 14.5. The maximum Gasteiger partial charge on any atom is 0.263 e. The lowest BCUT2D eigenvalue weighted by Crippen LogP contribution is -2.14. The first kappa shape index (κ1) is 20.3. The van der Waals surface area contributed by atoms with E-state index in [9.17, 15) is 4.79 Å². The summed E-state index contributed by atoms with van der Waals surface area (Å²) in [5.74, 6) is 2.05. The number of hydrogen-bond acceptors (Lipinski definition) is 8. The molecule has 5 heterocycles. The number of fused-ring (bicyclic) bond motifs is 1. The molecule has 1 amide bonds. The van der Waals surface area contributed by atoms with E-state index in [-0.39, 0.29) is 11.4 Å². The lowest BCUT2D eigenvalue weighted by atomic mass is 10.2. The van der Waals surface area contributed by atoms with Crippen molar-refractivity contribution in [1.29, 1.82) is 5.26 Å². The van der Waals surface area contributed by atoms with E-state index in [1.165, 1.54) is 24.2 Å². The predicted octanol–water partition coefficient (Wildman–Crippen LogP) is 2.56. The Balaban J connectivity index is 1.42. The summed E-state index contributed by atoms with van der Waals surface area (Å²) in [5.41, 5.74) is 1.25. The minimum absolute atomic E-state index is 0.122. The second kappa shape index (κ2) is 8.16. The third kappa shape index (κ3) is 3.67. The highest BCUT2D eigenvalue weighted by molar-refractivity contribution is 6.05. The summed E-state index contributed by atoms with van der Waals surface area (Å²) >= 11 is 0. The summed E-state index contributed by atoms with van der Waals surface area (Å²) in [6.07, 6.45) is 4.90. The Bertz CT molecular complexity index is 1400. The van der Waals surface area contributed by atoms with E-state index in [0.29, 0.717) is 34.8 Å². The summed E-state index contributed by atoms with van der Waals surface area (Å²) in [6, 6.07) is 10.8. The highest BCUT2D eigenvalue weighted by atomic mass is 16.5. The Morgan fingerprint density at radius 3 is 3.00 bits per heavy atom. The number of carbonyl (C=O) groups excluding carboxylic acids is 1. The van der Waals surface area contributed by atoms with Crippen molar-refractivity contribution in [2.45, 2.75) is 25.8 Å². The van der Waals surface area contributed by atoms with Crippen LogP contribution in [0.25, 0.3) is 17.3 Å². The number of pyridine rings is 2. The summed E-state index contributed by atoms with van der Waals surface area (Å²) in [6.45, 7) is 2.13. The van der Waals surface area contributed by atoms with E-state index in [0.717, 1.165) is 18.7 Å². The Hall–Kier alpha value is -4.59. The summed E-state index contributed by atoms with van der Waals surface area (Å²) in [5, 5.41) is 24.7. The van der Waals surface area contributed by atoms with Gasteiger partial charge in [-0.1, -0.05) is 6.07 Å². The smallest absolute Gasteiger partial charge is 0.263 e. The van der Waals surface area contributed by atoms with Crippen LogP contribution in [0.1, 0.15) is 41.1 Å². The van der Waals surface area contributed by atoms with Gasteiger partial charge in [-0.2, -0.15) is 5.26 Å². The minimum Gasteiger partial charge on any atom is -0.479 e. The molecular formula is C22H19N9O2. The molecule has 0 bridgehead atoms. The first-order valence-corrected chi connectivity index (χ1v) is 10.3. The van der Waals surface area contributed by atoms with Crippen LogP contribution in [0.15, 0.2) is 42.7 Å². The molecule has 0 saturated carbocycles. The number of ether oxygens (including phenoxy) is 1. The predicted molar refractivity (Wildman–Crippen MR) is 117 cm³/mol. The molecule has 1 atom stereocenters. The second-order valence-electron chi connectivity index (χ2n) is 7.57. The van der Waals surface area contributed by atoms with E-state index in [1.807, 2.05) is 6.07 Å². The van der Waals surface area contributed by atoms with Gasteiger partial charge in [-0.05, 0) is 31.5 Å². The molecule has 0 radical (unpaired) electrons. The zero-order chi connectivity index (χ0) is 22.9. The first-order chi connectivity index (χ1) is 16.1. The van der Waals surface area contributed by atoms with Gasteiger partial charge in [0.25, 0.3) is 5.91 Å². The van der Waals surface area contributed by atoms with Crippen LogP contribution in [0.2, 0.25) is 0 Å². The maximum absolute atomic E-state index is 13.0. The van der Waals surface area contributed by atoms with Crippen LogP contribution in [0.5, 0.6) is 5.88 Å². The average Bonchev–Trinajstić information content (AvgIpc) is 3.55. The third-order valence-corrected chi connectivity index (χ3v) is 5.44. The second-order valence-corrected chi connectivity index (χ2v) is 7.57. The first-order valence-electron chi connectivity index (χ1n) is 10.3. The molecule has 0 saturated heterocycles. The molecule has 4 aromatic rings. The van der Waals surface area contributed by atoms with Gasteiger partial charge in [-0.25, -0.2) is 14.6 Å². The number of aryl methyl sites for hydroxylation is 1. The number of amides is 1. The van der Waals surface area contributed by atoms with E-state index < -0.39 is 5.91 Å². The Morgan fingerprint density at radius 1 is 1.30 bits per heavy atom.